The zero-order chi connectivity index (χ0) is 14.8. The van der Waals surface area contributed by atoms with Gasteiger partial charge in [0.05, 0.1) is 0 Å². The molecule has 1 fully saturated rings. The average Bonchev–Trinajstić information content (AvgIpc) is 2.47. The Morgan fingerprint density at radius 1 is 1.05 bits per heavy atom. The summed E-state index contributed by atoms with van der Waals surface area (Å²) in [6.45, 7) is 4.24. The Balaban J connectivity index is 2.42. The summed E-state index contributed by atoms with van der Waals surface area (Å²) >= 11 is 0. The van der Waals surface area contributed by atoms with Gasteiger partial charge in [0.2, 0.25) is 0 Å². The van der Waals surface area contributed by atoms with Gasteiger partial charge in [-0.25, -0.2) is 0 Å². The van der Waals surface area contributed by atoms with E-state index < -0.39 is 26.6 Å². The summed E-state index contributed by atoms with van der Waals surface area (Å²) in [6, 6.07) is 10.2. The maximum Gasteiger partial charge on any atom is 0.372 e. The smallest absolute Gasteiger partial charge is 0.372 e. The van der Waals surface area contributed by atoms with Crippen LogP contribution in [0, 0.1) is 0 Å². The van der Waals surface area contributed by atoms with Crippen LogP contribution in [0.5, 0.6) is 0 Å². The van der Waals surface area contributed by atoms with Crippen LogP contribution in [0.15, 0.2) is 30.3 Å². The second-order valence-corrected chi connectivity index (χ2v) is 14.7. The van der Waals surface area contributed by atoms with Crippen LogP contribution in [-0.2, 0) is 13.3 Å². The molecule has 0 bridgehead atoms. The summed E-state index contributed by atoms with van der Waals surface area (Å²) in [6.07, 6.45) is 0. The minimum atomic E-state index is -2.33. The van der Waals surface area contributed by atoms with Crippen LogP contribution in [0.2, 0.25) is 13.1 Å². The van der Waals surface area contributed by atoms with Crippen molar-refractivity contribution < 1.29 is 13.3 Å². The highest BCUT2D eigenvalue weighted by Gasteiger charge is 2.55. The summed E-state index contributed by atoms with van der Waals surface area (Å²) in [5, 5.41) is 0. The molecule has 3 atom stereocenters. The third kappa shape index (κ3) is 2.89. The predicted octanol–water partition coefficient (Wildman–Crippen LogP) is 0.480. The average molecular weight is 330 g/mol. The molecule has 0 radical (unpaired) electrons. The van der Waals surface area contributed by atoms with Crippen LogP contribution in [0.4, 0.5) is 5.69 Å². The fraction of sp³-hybridized carbons (Fsp3) is 0.455. The monoisotopic (exact) mass is 329 g/mol. The van der Waals surface area contributed by atoms with Gasteiger partial charge in [0.25, 0.3) is 0 Å². The van der Waals surface area contributed by atoms with E-state index in [0.29, 0.717) is 0 Å². The first-order valence-corrected chi connectivity index (χ1v) is 12.9. The van der Waals surface area contributed by atoms with Gasteiger partial charge in [-0.3, -0.25) is 9.30 Å². The van der Waals surface area contributed by atoms with Crippen molar-refractivity contribution in [1.82, 2.24) is 9.30 Å². The highest BCUT2D eigenvalue weighted by atomic mass is 28.5. The van der Waals surface area contributed by atoms with Gasteiger partial charge < -0.3 is 17.5 Å². The van der Waals surface area contributed by atoms with E-state index in [0.717, 1.165) is 5.69 Å². The number of benzene rings is 1. The number of hydrogen-bond acceptors (Lipinski definition) is 6. The molecule has 1 aromatic rings. The van der Waals surface area contributed by atoms with Crippen LogP contribution >= 0.6 is 0 Å². The molecule has 3 unspecified atom stereocenters. The summed E-state index contributed by atoms with van der Waals surface area (Å²) in [4.78, 5) is 0. The molecule has 112 valence electrons. The maximum absolute atomic E-state index is 5.90. The summed E-state index contributed by atoms with van der Waals surface area (Å²) in [5.41, 5.74) is 1.12. The van der Waals surface area contributed by atoms with Crippen molar-refractivity contribution in [2.75, 3.05) is 25.6 Å². The molecule has 1 aliphatic rings. The van der Waals surface area contributed by atoms with Gasteiger partial charge in [0, 0.05) is 27.0 Å². The second-order valence-electron chi connectivity index (χ2n) is 4.99. The number of anilines is 1. The van der Waals surface area contributed by atoms with Crippen LogP contribution in [0.3, 0.4) is 0 Å². The lowest BCUT2D eigenvalue weighted by molar-refractivity contribution is 0.341. The van der Waals surface area contributed by atoms with Gasteiger partial charge in [0.15, 0.2) is 0 Å². The van der Waals surface area contributed by atoms with Crippen molar-refractivity contribution in [2.24, 2.45) is 0 Å². The molecule has 6 nitrogen and oxygen atoms in total. The van der Waals surface area contributed by atoms with Crippen molar-refractivity contribution in [2.45, 2.75) is 13.1 Å². The Hall–Kier alpha value is -0.529. The van der Waals surface area contributed by atoms with E-state index >= 15 is 0 Å². The van der Waals surface area contributed by atoms with E-state index in [1.165, 1.54) is 0 Å². The summed E-state index contributed by atoms with van der Waals surface area (Å²) < 4.78 is 26.8. The van der Waals surface area contributed by atoms with Crippen LogP contribution in [-0.4, -0.2) is 48.0 Å². The number of hydrogen-bond donors (Lipinski definition) is 2. The van der Waals surface area contributed by atoms with Gasteiger partial charge in [-0.1, -0.05) is 18.2 Å². The molecule has 1 aliphatic heterocycles. The lowest BCUT2D eigenvalue weighted by atomic mass is 10.3. The van der Waals surface area contributed by atoms with Crippen molar-refractivity contribution in [3.63, 3.8) is 0 Å². The van der Waals surface area contributed by atoms with E-state index in [4.69, 9.17) is 13.3 Å². The molecule has 20 heavy (non-hydrogen) atoms. The fourth-order valence-corrected chi connectivity index (χ4v) is 16.7. The quantitative estimate of drug-likeness (QED) is 0.784. The largest absolute Gasteiger partial charge is 0.396 e. The minimum Gasteiger partial charge on any atom is -0.396 e. The second kappa shape index (κ2) is 6.07. The summed E-state index contributed by atoms with van der Waals surface area (Å²) in [7, 11) is -1.12. The van der Waals surface area contributed by atoms with Crippen molar-refractivity contribution in [1.29, 1.82) is 0 Å². The molecule has 1 saturated heterocycles. The van der Waals surface area contributed by atoms with Crippen molar-refractivity contribution in [3.05, 3.63) is 30.3 Å². The first-order valence-electron chi connectivity index (χ1n) is 6.52. The van der Waals surface area contributed by atoms with Crippen LogP contribution < -0.4 is 13.5 Å². The maximum atomic E-state index is 5.90. The van der Waals surface area contributed by atoms with Crippen molar-refractivity contribution in [3.8, 4) is 0 Å². The van der Waals surface area contributed by atoms with E-state index in [-0.39, 0.29) is 0 Å². The van der Waals surface area contributed by atoms with Crippen LogP contribution in [0.25, 0.3) is 0 Å². The first kappa shape index (κ1) is 15.9. The van der Waals surface area contributed by atoms with E-state index in [2.05, 4.69) is 38.8 Å². The number of rotatable bonds is 4. The topological polar surface area (TPSA) is 55.0 Å². The normalized spacial score (nSPS) is 34.2. The lowest BCUT2D eigenvalue weighted by Crippen LogP contribution is -2.88. The zero-order valence-corrected chi connectivity index (χ0v) is 15.8. The lowest BCUT2D eigenvalue weighted by Gasteiger charge is -2.52. The molecule has 2 N–H and O–H groups in total. The molecule has 2 rings (SSSR count). The zero-order valence-electron chi connectivity index (χ0n) is 12.6. The Morgan fingerprint density at radius 2 is 1.70 bits per heavy atom. The number of nitrogens with zero attached hydrogens (tertiary/aromatic N) is 1. The molecule has 0 aliphatic carbocycles. The molecule has 0 saturated carbocycles. The third-order valence-electron chi connectivity index (χ3n) is 3.63. The minimum absolute atomic E-state index is 1.12. The van der Waals surface area contributed by atoms with Gasteiger partial charge in [0.1, 0.15) is 0 Å². The van der Waals surface area contributed by atoms with E-state index in [9.17, 15) is 0 Å². The number of nitrogens with one attached hydrogen (secondary N) is 2. The standard InChI is InChI=1S/C11H23N3O3Si3/c1-15-18-12-19(4,16-2)13-20(5,17-3)14(18)11-9-7-6-8-10-11/h6-10,12-13,18H,1-5H3. The highest BCUT2D eigenvalue weighted by molar-refractivity contribution is 7.01. The molecule has 0 spiro atoms. The Morgan fingerprint density at radius 3 is 2.20 bits per heavy atom. The molecule has 0 amide bonds. The van der Waals surface area contributed by atoms with Gasteiger partial charge in [-0.2, -0.15) is 0 Å². The molecule has 1 aromatic carbocycles. The van der Waals surface area contributed by atoms with Gasteiger partial charge in [-0.15, -0.1) is 0 Å². The SMILES string of the molecule is CO[SiH]1N[Si](C)(OC)N[Si](C)(OC)N1c1ccccc1. The highest BCUT2D eigenvalue weighted by Crippen LogP contribution is 2.25. The molecule has 1 heterocycles. The third-order valence-corrected chi connectivity index (χ3v) is 16.8. The first-order chi connectivity index (χ1) is 9.48. The molecular weight excluding hydrogens is 306 g/mol. The fourth-order valence-electron chi connectivity index (χ4n) is 2.46. The van der Waals surface area contributed by atoms with E-state index in [1.54, 1.807) is 21.3 Å². The molecule has 0 aromatic heterocycles. The molecule has 9 heteroatoms. The Bertz CT molecular complexity index is 455. The van der Waals surface area contributed by atoms with E-state index in [1.807, 2.05) is 18.2 Å². The summed E-state index contributed by atoms with van der Waals surface area (Å²) in [5.74, 6) is 0. The Labute approximate surface area is 124 Å². The van der Waals surface area contributed by atoms with Gasteiger partial charge in [-0.05, 0) is 25.2 Å². The molecular formula is C11H23N3O3Si3. The van der Waals surface area contributed by atoms with Gasteiger partial charge >= 0.3 is 26.6 Å². The Kier molecular flexibility index (Phi) is 4.81. The predicted molar refractivity (Wildman–Crippen MR) is 86.6 cm³/mol. The number of para-hydroxylation sites is 1. The van der Waals surface area contributed by atoms with Crippen molar-refractivity contribution >= 4 is 32.3 Å². The van der Waals surface area contributed by atoms with Crippen LogP contribution in [0.1, 0.15) is 0 Å².